The van der Waals surface area contributed by atoms with Crippen LogP contribution in [-0.4, -0.2) is 12.7 Å². The highest BCUT2D eigenvalue weighted by Crippen LogP contribution is 1.99. The molecule has 72 valence electrons. The predicted molar refractivity (Wildman–Crippen MR) is 60.5 cm³/mol. The van der Waals surface area contributed by atoms with Crippen molar-refractivity contribution in [3.05, 3.63) is 48.7 Å². The van der Waals surface area contributed by atoms with E-state index in [1.807, 2.05) is 30.3 Å². The van der Waals surface area contributed by atoms with E-state index in [4.69, 9.17) is 0 Å². The van der Waals surface area contributed by atoms with E-state index >= 15 is 0 Å². The van der Waals surface area contributed by atoms with Crippen LogP contribution in [0.5, 0.6) is 0 Å². The van der Waals surface area contributed by atoms with Gasteiger partial charge in [-0.1, -0.05) is 36.9 Å². The summed E-state index contributed by atoms with van der Waals surface area (Å²) >= 11 is 0. The normalized spacial score (nSPS) is 10.7. The van der Waals surface area contributed by atoms with Crippen LogP contribution < -0.4 is 5.32 Å². The van der Waals surface area contributed by atoms with Crippen molar-refractivity contribution < 1.29 is 0 Å². The molecule has 0 bridgehead atoms. The number of rotatable bonds is 3. The van der Waals surface area contributed by atoms with E-state index in [1.54, 1.807) is 0 Å². The highest BCUT2D eigenvalue weighted by atomic mass is 15.1. The third-order valence-electron chi connectivity index (χ3n) is 1.64. The van der Waals surface area contributed by atoms with E-state index in [0.717, 1.165) is 5.56 Å². The number of hydrogen-bond donors (Lipinski definition) is 1. The van der Waals surface area contributed by atoms with E-state index in [-0.39, 0.29) is 0 Å². The summed E-state index contributed by atoms with van der Waals surface area (Å²) in [5.74, 6) is 0.490. The zero-order valence-electron chi connectivity index (χ0n) is 7.98. The molecule has 0 aliphatic carbocycles. The first-order valence-corrected chi connectivity index (χ1v) is 4.29. The molecule has 14 heavy (non-hydrogen) atoms. The van der Waals surface area contributed by atoms with Crippen molar-refractivity contribution >= 4 is 12.7 Å². The number of guanidine groups is 1. The van der Waals surface area contributed by atoms with Crippen molar-refractivity contribution in [3.63, 3.8) is 0 Å². The molecule has 0 fully saturated rings. The monoisotopic (exact) mass is 187 g/mol. The highest BCUT2D eigenvalue weighted by molar-refractivity contribution is 5.84. The Balaban J connectivity index is 2.61. The average Bonchev–Trinajstić information content (AvgIpc) is 2.25. The molecule has 0 aromatic heterocycles. The topological polar surface area (TPSA) is 36.8 Å². The molecule has 3 nitrogen and oxygen atoms in total. The second-order valence-electron chi connectivity index (χ2n) is 2.63. The van der Waals surface area contributed by atoms with E-state index in [0.29, 0.717) is 12.5 Å². The molecule has 0 spiro atoms. The minimum atomic E-state index is 0.490. The third kappa shape index (κ3) is 3.23. The molecule has 0 amide bonds. The van der Waals surface area contributed by atoms with Crippen LogP contribution in [0.1, 0.15) is 5.56 Å². The highest BCUT2D eigenvalue weighted by Gasteiger charge is 1.91. The van der Waals surface area contributed by atoms with E-state index < -0.39 is 0 Å². The Hall–Kier alpha value is -1.90. The third-order valence-corrected chi connectivity index (χ3v) is 1.64. The molecule has 0 aliphatic rings. The van der Waals surface area contributed by atoms with E-state index in [1.165, 1.54) is 6.20 Å². The van der Waals surface area contributed by atoms with Crippen LogP contribution in [0.15, 0.2) is 53.1 Å². The van der Waals surface area contributed by atoms with Gasteiger partial charge in [-0.15, -0.1) is 0 Å². The zero-order valence-corrected chi connectivity index (χ0v) is 7.98. The lowest BCUT2D eigenvalue weighted by Gasteiger charge is -1.99. The number of hydrogen-bond acceptors (Lipinski definition) is 1. The Morgan fingerprint density at radius 2 is 2.07 bits per heavy atom. The summed E-state index contributed by atoms with van der Waals surface area (Å²) in [4.78, 5) is 7.92. The van der Waals surface area contributed by atoms with Crippen molar-refractivity contribution in [1.29, 1.82) is 0 Å². The molecule has 0 atom stereocenters. The van der Waals surface area contributed by atoms with Crippen LogP contribution in [0.2, 0.25) is 0 Å². The maximum Gasteiger partial charge on any atom is 0.221 e. The summed E-state index contributed by atoms with van der Waals surface area (Å²) in [6, 6.07) is 9.96. The van der Waals surface area contributed by atoms with Gasteiger partial charge >= 0.3 is 0 Å². The fraction of sp³-hybridized carbons (Fsp3) is 0.0909. The van der Waals surface area contributed by atoms with Crippen molar-refractivity contribution in [1.82, 2.24) is 5.32 Å². The van der Waals surface area contributed by atoms with Crippen LogP contribution in [0.3, 0.4) is 0 Å². The molecular weight excluding hydrogens is 174 g/mol. The first-order valence-electron chi connectivity index (χ1n) is 4.29. The fourth-order valence-electron chi connectivity index (χ4n) is 0.982. The van der Waals surface area contributed by atoms with E-state index in [9.17, 15) is 0 Å². The number of benzene rings is 1. The largest absolute Gasteiger partial charge is 0.332 e. The minimum Gasteiger partial charge on any atom is -0.332 e. The summed E-state index contributed by atoms with van der Waals surface area (Å²) in [5, 5.41) is 2.79. The van der Waals surface area contributed by atoms with Crippen molar-refractivity contribution in [2.45, 2.75) is 6.54 Å². The Bertz CT molecular complexity index is 328. The van der Waals surface area contributed by atoms with Gasteiger partial charge in [0.1, 0.15) is 0 Å². The van der Waals surface area contributed by atoms with Crippen molar-refractivity contribution in [2.24, 2.45) is 9.98 Å². The maximum absolute atomic E-state index is 4.21. The SMILES string of the molecule is C=CNC(N=C)=NCc1ccccc1. The van der Waals surface area contributed by atoms with Gasteiger partial charge in [-0.3, -0.25) is 0 Å². The molecule has 0 saturated heterocycles. The Morgan fingerprint density at radius 3 is 2.64 bits per heavy atom. The summed E-state index contributed by atoms with van der Waals surface area (Å²) in [7, 11) is 0. The van der Waals surface area contributed by atoms with Gasteiger partial charge in [-0.05, 0) is 18.5 Å². The predicted octanol–water partition coefficient (Wildman–Crippen LogP) is 1.98. The quantitative estimate of drug-likeness (QED) is 0.570. The molecule has 1 N–H and O–H groups in total. The molecule has 0 unspecified atom stereocenters. The Morgan fingerprint density at radius 1 is 1.36 bits per heavy atom. The smallest absolute Gasteiger partial charge is 0.221 e. The molecule has 0 radical (unpaired) electrons. The first-order chi connectivity index (χ1) is 6.86. The van der Waals surface area contributed by atoms with E-state index in [2.05, 4.69) is 28.6 Å². The van der Waals surface area contributed by atoms with Crippen LogP contribution in [0.25, 0.3) is 0 Å². The second-order valence-corrected chi connectivity index (χ2v) is 2.63. The van der Waals surface area contributed by atoms with Crippen molar-refractivity contribution in [3.8, 4) is 0 Å². The fourth-order valence-corrected chi connectivity index (χ4v) is 0.982. The van der Waals surface area contributed by atoms with Gasteiger partial charge < -0.3 is 5.32 Å². The van der Waals surface area contributed by atoms with Gasteiger partial charge in [0.05, 0.1) is 6.54 Å². The van der Waals surface area contributed by atoms with Crippen LogP contribution in [0.4, 0.5) is 0 Å². The molecule has 3 heteroatoms. The molecule has 0 saturated carbocycles. The number of nitrogens with one attached hydrogen (secondary N) is 1. The van der Waals surface area contributed by atoms with Gasteiger partial charge in [-0.25, -0.2) is 9.98 Å². The van der Waals surface area contributed by atoms with Crippen LogP contribution in [0, 0.1) is 0 Å². The molecule has 1 rings (SSSR count). The Kier molecular flexibility index (Phi) is 4.14. The Labute approximate surface area is 83.9 Å². The van der Waals surface area contributed by atoms with Crippen LogP contribution in [-0.2, 0) is 6.54 Å². The summed E-state index contributed by atoms with van der Waals surface area (Å²) < 4.78 is 0. The van der Waals surface area contributed by atoms with Gasteiger partial charge in [0, 0.05) is 0 Å². The van der Waals surface area contributed by atoms with Gasteiger partial charge in [0.15, 0.2) is 0 Å². The molecule has 1 aromatic carbocycles. The van der Waals surface area contributed by atoms with Gasteiger partial charge in [-0.2, -0.15) is 0 Å². The van der Waals surface area contributed by atoms with Crippen molar-refractivity contribution in [2.75, 3.05) is 0 Å². The minimum absolute atomic E-state index is 0.490. The summed E-state index contributed by atoms with van der Waals surface area (Å²) in [6.45, 7) is 7.52. The maximum atomic E-state index is 4.21. The lowest BCUT2D eigenvalue weighted by molar-refractivity contribution is 1.03. The average molecular weight is 187 g/mol. The lowest BCUT2D eigenvalue weighted by atomic mass is 10.2. The van der Waals surface area contributed by atoms with Crippen LogP contribution >= 0.6 is 0 Å². The zero-order chi connectivity index (χ0) is 10.2. The summed E-state index contributed by atoms with van der Waals surface area (Å²) in [5.41, 5.74) is 1.14. The van der Waals surface area contributed by atoms with Gasteiger partial charge in [0.2, 0.25) is 5.96 Å². The summed E-state index contributed by atoms with van der Waals surface area (Å²) in [6.07, 6.45) is 1.53. The molecule has 0 aliphatic heterocycles. The molecular formula is C11H13N3. The molecule has 0 heterocycles. The number of nitrogens with zero attached hydrogens (tertiary/aromatic N) is 2. The standard InChI is InChI=1S/C11H13N3/c1-3-13-11(12-2)14-9-10-7-5-4-6-8-10/h3-8H,1-2,9H2,(H,13,14). The second kappa shape index (κ2) is 5.70. The lowest BCUT2D eigenvalue weighted by Crippen LogP contribution is -2.13. The molecule has 1 aromatic rings. The first kappa shape index (κ1) is 10.2. The van der Waals surface area contributed by atoms with Gasteiger partial charge in [0.25, 0.3) is 0 Å². The number of aliphatic imine (C=N–C) groups is 2.